The molecule has 0 spiro atoms. The molecule has 0 bridgehead atoms. The number of nitrogens with zero attached hydrogens (tertiary/aromatic N) is 4. The van der Waals surface area contributed by atoms with Crippen molar-refractivity contribution >= 4 is 34.2 Å². The lowest BCUT2D eigenvalue weighted by Gasteiger charge is -2.23. The van der Waals surface area contributed by atoms with Crippen molar-refractivity contribution in [1.82, 2.24) is 24.8 Å². The van der Waals surface area contributed by atoms with E-state index in [4.69, 9.17) is 0 Å². The standard InChI is InChI=1S/C20H19FN6O3S/c1-22-17-13-18(26-12(25-17)6-4-9-3-5-11(21)31-9)27(8-24-13)14-10-7-20(10,19(30)23-2)16(29)15(14)28/h3,5,8,10,14-16,28-29H,7H2,1-2H3,(H,23,30)(H,22,25,26)/t10-,14-,15+,16+,20+/m1/s1. The first-order chi connectivity index (χ1) is 14.9. The van der Waals surface area contributed by atoms with Crippen LogP contribution in [0.4, 0.5) is 10.2 Å². The van der Waals surface area contributed by atoms with Crippen molar-refractivity contribution in [3.63, 3.8) is 0 Å². The smallest absolute Gasteiger partial charge is 0.229 e. The van der Waals surface area contributed by atoms with Gasteiger partial charge in [0.2, 0.25) is 11.7 Å². The van der Waals surface area contributed by atoms with Crippen molar-refractivity contribution < 1.29 is 19.4 Å². The van der Waals surface area contributed by atoms with E-state index in [-0.39, 0.29) is 22.8 Å². The number of halogens is 1. The lowest BCUT2D eigenvalue weighted by atomic mass is 9.98. The molecule has 3 aromatic rings. The summed E-state index contributed by atoms with van der Waals surface area (Å²) in [4.78, 5) is 26.2. The summed E-state index contributed by atoms with van der Waals surface area (Å²) >= 11 is 0.929. The molecule has 0 aliphatic heterocycles. The quantitative estimate of drug-likeness (QED) is 0.435. The number of nitrogens with one attached hydrogen (secondary N) is 2. The van der Waals surface area contributed by atoms with Crippen LogP contribution < -0.4 is 10.6 Å². The summed E-state index contributed by atoms with van der Waals surface area (Å²) in [6, 6.07) is 2.36. The molecular weight excluding hydrogens is 423 g/mol. The Kier molecular flexibility index (Phi) is 4.47. The second-order valence-corrected chi connectivity index (χ2v) is 8.71. The molecule has 0 radical (unpaired) electrons. The molecule has 0 unspecified atom stereocenters. The zero-order chi connectivity index (χ0) is 21.9. The van der Waals surface area contributed by atoms with Gasteiger partial charge in [-0.1, -0.05) is 11.3 Å². The maximum atomic E-state index is 13.2. The van der Waals surface area contributed by atoms with Crippen LogP contribution in [0.1, 0.15) is 23.2 Å². The van der Waals surface area contributed by atoms with Crippen LogP contribution in [0.15, 0.2) is 18.5 Å². The number of anilines is 1. The van der Waals surface area contributed by atoms with Crippen LogP contribution in [0.5, 0.6) is 0 Å². The van der Waals surface area contributed by atoms with Crippen LogP contribution in [0, 0.1) is 28.3 Å². The minimum atomic E-state index is -1.18. The number of thiophene rings is 1. The van der Waals surface area contributed by atoms with Gasteiger partial charge in [-0.15, -0.1) is 0 Å². The summed E-state index contributed by atoms with van der Waals surface area (Å²) < 4.78 is 14.9. The Morgan fingerprint density at radius 1 is 1.32 bits per heavy atom. The topological polar surface area (TPSA) is 125 Å². The first-order valence-corrected chi connectivity index (χ1v) is 10.5. The van der Waals surface area contributed by atoms with E-state index in [1.165, 1.54) is 19.4 Å². The highest BCUT2D eigenvalue weighted by Crippen LogP contribution is 2.67. The fraction of sp³-hybridized carbons (Fsp3) is 0.400. The maximum absolute atomic E-state index is 13.2. The van der Waals surface area contributed by atoms with Crippen molar-refractivity contribution in [3.8, 4) is 11.8 Å². The lowest BCUT2D eigenvalue weighted by molar-refractivity contribution is -0.132. The molecule has 9 nitrogen and oxygen atoms in total. The average Bonchev–Trinajstić information content (AvgIpc) is 3.02. The lowest BCUT2D eigenvalue weighted by Crippen LogP contribution is -2.41. The Morgan fingerprint density at radius 2 is 2.13 bits per heavy atom. The van der Waals surface area contributed by atoms with Gasteiger partial charge in [0, 0.05) is 20.0 Å². The third-order valence-corrected chi connectivity index (χ3v) is 6.96. The van der Waals surface area contributed by atoms with Gasteiger partial charge in [0.1, 0.15) is 6.10 Å². The zero-order valence-corrected chi connectivity index (χ0v) is 17.4. The number of fused-ring (bicyclic) bond motifs is 2. The van der Waals surface area contributed by atoms with E-state index in [0.717, 1.165) is 11.3 Å². The second-order valence-electron chi connectivity index (χ2n) is 7.68. The highest BCUT2D eigenvalue weighted by atomic mass is 32.1. The summed E-state index contributed by atoms with van der Waals surface area (Å²) in [6.45, 7) is 0. The molecule has 2 aliphatic rings. The Balaban J connectivity index is 1.58. The van der Waals surface area contributed by atoms with Crippen molar-refractivity contribution in [2.45, 2.75) is 24.7 Å². The summed E-state index contributed by atoms with van der Waals surface area (Å²) in [5.74, 6) is 5.81. The van der Waals surface area contributed by atoms with Gasteiger partial charge >= 0.3 is 0 Å². The summed E-state index contributed by atoms with van der Waals surface area (Å²) in [5.41, 5.74) is -0.0907. The molecule has 2 fully saturated rings. The molecule has 2 saturated carbocycles. The fourth-order valence-electron chi connectivity index (χ4n) is 4.65. The summed E-state index contributed by atoms with van der Waals surface area (Å²) in [6.07, 6.45) is -0.329. The van der Waals surface area contributed by atoms with Gasteiger partial charge in [-0.25, -0.2) is 15.0 Å². The van der Waals surface area contributed by atoms with Gasteiger partial charge in [0.25, 0.3) is 0 Å². The van der Waals surface area contributed by atoms with Gasteiger partial charge in [0.15, 0.2) is 22.1 Å². The molecule has 1 amide bonds. The molecule has 0 saturated heterocycles. The van der Waals surface area contributed by atoms with E-state index in [1.54, 1.807) is 17.7 Å². The minimum Gasteiger partial charge on any atom is -0.389 e. The van der Waals surface area contributed by atoms with Crippen molar-refractivity contribution in [2.75, 3.05) is 19.4 Å². The number of amides is 1. The molecule has 2 aliphatic carbocycles. The predicted molar refractivity (Wildman–Crippen MR) is 111 cm³/mol. The summed E-state index contributed by atoms with van der Waals surface area (Å²) in [7, 11) is 3.21. The van der Waals surface area contributed by atoms with Crippen LogP contribution in [-0.4, -0.2) is 61.9 Å². The molecular formula is C20H19FN6O3S. The van der Waals surface area contributed by atoms with E-state index in [9.17, 15) is 19.4 Å². The molecule has 160 valence electrons. The Morgan fingerprint density at radius 3 is 2.81 bits per heavy atom. The number of aliphatic hydroxyl groups excluding tert-OH is 2. The SMILES string of the molecule is CNC(=O)[C@@]12C[C@@H]1[C@@H](n1cnc3c(NC)nc(C#Cc4ccc(F)s4)nc31)[C@H](O)[C@@H]2O. The molecule has 3 aromatic heterocycles. The summed E-state index contributed by atoms with van der Waals surface area (Å²) in [5, 5.41) is 26.6. The third-order valence-electron chi connectivity index (χ3n) is 6.17. The molecule has 5 atom stereocenters. The highest BCUT2D eigenvalue weighted by molar-refractivity contribution is 7.10. The first-order valence-electron chi connectivity index (χ1n) is 9.68. The van der Waals surface area contributed by atoms with Crippen molar-refractivity contribution in [2.24, 2.45) is 11.3 Å². The van der Waals surface area contributed by atoms with Crippen LogP contribution >= 0.6 is 11.3 Å². The molecule has 3 heterocycles. The van der Waals surface area contributed by atoms with E-state index < -0.39 is 23.7 Å². The van der Waals surface area contributed by atoms with Gasteiger partial charge in [-0.2, -0.15) is 4.39 Å². The Bertz CT molecular complexity index is 1260. The van der Waals surface area contributed by atoms with Crippen LogP contribution in [0.3, 0.4) is 0 Å². The Hall–Kier alpha value is -3.07. The minimum absolute atomic E-state index is 0.203. The van der Waals surface area contributed by atoms with Gasteiger partial charge in [-0.3, -0.25) is 4.79 Å². The number of aliphatic hydroxyl groups is 2. The normalized spacial score (nSPS) is 28.7. The fourth-order valence-corrected chi connectivity index (χ4v) is 5.23. The molecule has 31 heavy (non-hydrogen) atoms. The van der Waals surface area contributed by atoms with E-state index in [1.807, 2.05) is 0 Å². The third kappa shape index (κ3) is 2.83. The van der Waals surface area contributed by atoms with Crippen molar-refractivity contribution in [3.05, 3.63) is 34.3 Å². The number of rotatable bonds is 3. The van der Waals surface area contributed by atoms with E-state index in [2.05, 4.69) is 37.4 Å². The van der Waals surface area contributed by atoms with E-state index >= 15 is 0 Å². The van der Waals surface area contributed by atoms with Crippen LogP contribution in [0.25, 0.3) is 11.2 Å². The number of hydrogen-bond donors (Lipinski definition) is 4. The molecule has 5 rings (SSSR count). The van der Waals surface area contributed by atoms with E-state index in [0.29, 0.717) is 28.3 Å². The number of carbonyl (C=O) groups excluding carboxylic acids is 1. The van der Waals surface area contributed by atoms with Gasteiger partial charge in [-0.05, 0) is 30.4 Å². The highest BCUT2D eigenvalue weighted by Gasteiger charge is 2.75. The second kappa shape index (κ2) is 6.98. The van der Waals surface area contributed by atoms with Gasteiger partial charge in [0.05, 0.1) is 28.8 Å². The molecule has 0 aromatic carbocycles. The predicted octanol–water partition coefficient (Wildman–Crippen LogP) is 0.497. The number of hydrogen-bond acceptors (Lipinski definition) is 8. The molecule has 11 heteroatoms. The van der Waals surface area contributed by atoms with Crippen LogP contribution in [0.2, 0.25) is 0 Å². The Labute approximate surface area is 180 Å². The monoisotopic (exact) mass is 442 g/mol. The van der Waals surface area contributed by atoms with Gasteiger partial charge < -0.3 is 25.4 Å². The number of carbonyl (C=O) groups is 1. The average molecular weight is 442 g/mol. The largest absolute Gasteiger partial charge is 0.389 e. The zero-order valence-electron chi connectivity index (χ0n) is 16.6. The maximum Gasteiger partial charge on any atom is 0.229 e. The number of imidazole rings is 1. The number of aromatic nitrogens is 4. The van der Waals surface area contributed by atoms with Crippen LogP contribution in [-0.2, 0) is 4.79 Å². The first kappa shape index (κ1) is 19.9. The molecule has 4 N–H and O–H groups in total. The van der Waals surface area contributed by atoms with Crippen molar-refractivity contribution in [1.29, 1.82) is 0 Å².